The zero-order valence-electron chi connectivity index (χ0n) is 16.0. The third kappa shape index (κ3) is 2.63. The minimum Gasteiger partial charge on any atom is -0.516 e. The number of aldehydes is 1. The van der Waals surface area contributed by atoms with Crippen molar-refractivity contribution in [1.82, 2.24) is 0 Å². The highest BCUT2D eigenvalue weighted by atomic mass is 16.7. The van der Waals surface area contributed by atoms with Crippen LogP contribution in [0.5, 0.6) is 5.75 Å². The van der Waals surface area contributed by atoms with E-state index >= 15 is 0 Å². The molecule has 0 bridgehead atoms. The average Bonchev–Trinajstić information content (AvgIpc) is 3.20. The van der Waals surface area contributed by atoms with Gasteiger partial charge < -0.3 is 24.1 Å². The van der Waals surface area contributed by atoms with Gasteiger partial charge in [0, 0.05) is 23.7 Å². The third-order valence-electron chi connectivity index (χ3n) is 7.25. The Morgan fingerprint density at radius 2 is 1.89 bits per heavy atom. The Kier molecular flexibility index (Phi) is 4.77. The van der Waals surface area contributed by atoms with E-state index in [1.54, 1.807) is 7.11 Å². The van der Waals surface area contributed by atoms with Gasteiger partial charge >= 0.3 is 0 Å². The predicted molar refractivity (Wildman–Crippen MR) is 101 cm³/mol. The second kappa shape index (κ2) is 6.95. The number of carbonyl (C=O) groups is 1. The smallest absolute Gasteiger partial charge is 0.171 e. The van der Waals surface area contributed by atoms with Crippen molar-refractivity contribution in [2.24, 2.45) is 17.8 Å². The van der Waals surface area contributed by atoms with Gasteiger partial charge in [0.05, 0.1) is 26.6 Å². The molecule has 1 heterocycles. The molecule has 3 aliphatic rings. The number of methoxy groups -OCH3 is 1. The van der Waals surface area contributed by atoms with E-state index in [0.717, 1.165) is 55.1 Å². The first-order chi connectivity index (χ1) is 13.1. The molecule has 0 amide bonds. The molecular formula is C22H28O5. The summed E-state index contributed by atoms with van der Waals surface area (Å²) in [5.74, 6) is 0.325. The zero-order valence-corrected chi connectivity index (χ0v) is 16.0. The molecule has 4 atom stereocenters. The van der Waals surface area contributed by atoms with Crippen LogP contribution >= 0.6 is 0 Å². The molecular weight excluding hydrogens is 344 g/mol. The van der Waals surface area contributed by atoms with Gasteiger partial charge in [-0.3, -0.25) is 0 Å². The van der Waals surface area contributed by atoms with E-state index < -0.39 is 5.79 Å². The lowest BCUT2D eigenvalue weighted by molar-refractivity contribution is -0.239. The van der Waals surface area contributed by atoms with E-state index in [2.05, 4.69) is 19.1 Å². The molecule has 3 fully saturated rings. The Balaban J connectivity index is 1.83. The van der Waals surface area contributed by atoms with Gasteiger partial charge in [0.2, 0.25) is 0 Å². The molecule has 1 unspecified atom stereocenters. The molecule has 1 aliphatic heterocycles. The van der Waals surface area contributed by atoms with Gasteiger partial charge in [-0.2, -0.15) is 0 Å². The van der Waals surface area contributed by atoms with Gasteiger partial charge in [-0.25, -0.2) is 0 Å². The summed E-state index contributed by atoms with van der Waals surface area (Å²) in [6, 6.07) is 8.06. The topological polar surface area (TPSA) is 65.0 Å². The minimum absolute atomic E-state index is 0.165. The molecule has 1 aromatic carbocycles. The van der Waals surface area contributed by atoms with Crippen LogP contribution in [0.1, 0.15) is 38.2 Å². The van der Waals surface area contributed by atoms with Crippen LogP contribution in [-0.4, -0.2) is 37.5 Å². The Labute approximate surface area is 160 Å². The Hall–Kier alpha value is -1.85. The number of benzene rings is 1. The molecule has 1 N–H and O–H groups in total. The number of rotatable bonds is 3. The Morgan fingerprint density at radius 1 is 1.19 bits per heavy atom. The molecule has 27 heavy (non-hydrogen) atoms. The molecule has 5 heteroatoms. The van der Waals surface area contributed by atoms with E-state index in [-0.39, 0.29) is 23.2 Å². The first-order valence-electron chi connectivity index (χ1n) is 9.82. The van der Waals surface area contributed by atoms with Crippen molar-refractivity contribution >= 4 is 6.29 Å². The summed E-state index contributed by atoms with van der Waals surface area (Å²) in [6.45, 7) is 3.46. The van der Waals surface area contributed by atoms with Crippen LogP contribution in [0.4, 0.5) is 0 Å². The number of ether oxygens (including phenoxy) is 3. The number of allylic oxidation sites excluding steroid dienone is 1. The van der Waals surface area contributed by atoms with E-state index in [9.17, 15) is 9.90 Å². The first-order valence-corrected chi connectivity index (χ1v) is 9.82. The summed E-state index contributed by atoms with van der Waals surface area (Å²) in [6.07, 6.45) is 5.34. The lowest BCUT2D eigenvalue weighted by atomic mass is 9.47. The maximum Gasteiger partial charge on any atom is 0.171 e. The lowest BCUT2D eigenvalue weighted by Crippen LogP contribution is -2.59. The fourth-order valence-electron chi connectivity index (χ4n) is 5.92. The predicted octanol–water partition coefficient (Wildman–Crippen LogP) is 3.77. The van der Waals surface area contributed by atoms with Gasteiger partial charge in [0.1, 0.15) is 12.0 Å². The molecule has 146 valence electrons. The van der Waals surface area contributed by atoms with Gasteiger partial charge in [-0.1, -0.05) is 19.1 Å². The largest absolute Gasteiger partial charge is 0.516 e. The summed E-state index contributed by atoms with van der Waals surface area (Å²) >= 11 is 0. The van der Waals surface area contributed by atoms with E-state index in [0.29, 0.717) is 13.2 Å². The van der Waals surface area contributed by atoms with Crippen LogP contribution in [0.2, 0.25) is 0 Å². The lowest BCUT2D eigenvalue weighted by Gasteiger charge is -2.58. The molecule has 1 saturated heterocycles. The molecule has 0 radical (unpaired) electrons. The molecule has 2 saturated carbocycles. The van der Waals surface area contributed by atoms with Crippen molar-refractivity contribution in [2.75, 3.05) is 20.3 Å². The average molecular weight is 372 g/mol. The van der Waals surface area contributed by atoms with Crippen LogP contribution in [0.15, 0.2) is 36.1 Å². The number of aliphatic hydroxyl groups is 1. The first kappa shape index (κ1) is 18.5. The zero-order chi connectivity index (χ0) is 19.1. The minimum atomic E-state index is -0.533. The molecule has 4 rings (SSSR count). The highest BCUT2D eigenvalue weighted by Gasteiger charge is 2.61. The number of hydrogen-bond donors (Lipinski definition) is 1. The quantitative estimate of drug-likeness (QED) is 0.646. The van der Waals surface area contributed by atoms with E-state index in [4.69, 9.17) is 14.2 Å². The van der Waals surface area contributed by atoms with Crippen molar-refractivity contribution in [2.45, 2.75) is 43.8 Å². The van der Waals surface area contributed by atoms with Crippen molar-refractivity contribution in [3.63, 3.8) is 0 Å². The van der Waals surface area contributed by atoms with Gasteiger partial charge in [0.25, 0.3) is 0 Å². The SMILES string of the molecule is COc1ccc([C@@]23CCC4(OCCO4)[C@@H](C)[C@@H]2CC/C(=C/O)C3C=O)cc1. The number of fused-ring (bicyclic) bond motifs is 1. The van der Waals surface area contributed by atoms with Crippen LogP contribution in [0.3, 0.4) is 0 Å². The normalized spacial score (nSPS) is 36.5. The molecule has 5 nitrogen and oxygen atoms in total. The second-order valence-electron chi connectivity index (χ2n) is 8.03. The molecule has 1 aromatic rings. The van der Waals surface area contributed by atoms with Crippen LogP contribution in [-0.2, 0) is 19.7 Å². The number of carbonyl (C=O) groups excluding carboxylic acids is 1. The fraction of sp³-hybridized carbons (Fsp3) is 0.591. The second-order valence-corrected chi connectivity index (χ2v) is 8.03. The summed E-state index contributed by atoms with van der Waals surface area (Å²) in [5, 5.41) is 9.81. The van der Waals surface area contributed by atoms with Gasteiger partial charge in [0.15, 0.2) is 5.79 Å². The maximum atomic E-state index is 12.3. The van der Waals surface area contributed by atoms with Gasteiger partial charge in [-0.05, 0) is 48.4 Å². The maximum absolute atomic E-state index is 12.3. The van der Waals surface area contributed by atoms with Crippen molar-refractivity contribution in [3.8, 4) is 5.75 Å². The van der Waals surface area contributed by atoms with E-state index in [1.807, 2.05) is 12.1 Å². The Morgan fingerprint density at radius 3 is 2.48 bits per heavy atom. The molecule has 1 spiro atoms. The summed E-state index contributed by atoms with van der Waals surface area (Å²) in [7, 11) is 1.65. The van der Waals surface area contributed by atoms with Crippen molar-refractivity contribution < 1.29 is 24.1 Å². The molecule has 0 aromatic heterocycles. The van der Waals surface area contributed by atoms with Crippen LogP contribution in [0, 0.1) is 17.8 Å². The monoisotopic (exact) mass is 372 g/mol. The summed E-state index contributed by atoms with van der Waals surface area (Å²) < 4.78 is 17.5. The van der Waals surface area contributed by atoms with Crippen LogP contribution < -0.4 is 4.74 Å². The summed E-state index contributed by atoms with van der Waals surface area (Å²) in [4.78, 5) is 12.3. The number of hydrogen-bond acceptors (Lipinski definition) is 5. The standard InChI is InChI=1S/C22H28O5/c1-15-19-8-3-16(13-23)20(14-24)21(19,9-10-22(15)26-11-12-27-22)17-4-6-18(25-2)7-5-17/h4-7,13-15,19-20,23H,3,8-12H2,1-2H3/b16-13-/t15-,19-,20?,21-/m0/s1. The summed E-state index contributed by atoms with van der Waals surface area (Å²) in [5.41, 5.74) is 1.60. The highest BCUT2D eigenvalue weighted by molar-refractivity contribution is 5.64. The third-order valence-corrected chi connectivity index (χ3v) is 7.25. The van der Waals surface area contributed by atoms with Gasteiger partial charge in [-0.15, -0.1) is 0 Å². The molecule has 2 aliphatic carbocycles. The number of aliphatic hydroxyl groups excluding tert-OH is 1. The highest BCUT2D eigenvalue weighted by Crippen LogP contribution is 2.61. The van der Waals surface area contributed by atoms with Crippen molar-refractivity contribution in [3.05, 3.63) is 41.7 Å². The van der Waals surface area contributed by atoms with Crippen LogP contribution in [0.25, 0.3) is 0 Å². The van der Waals surface area contributed by atoms with Crippen molar-refractivity contribution in [1.29, 1.82) is 0 Å². The Bertz CT molecular complexity index is 719. The van der Waals surface area contributed by atoms with E-state index in [1.165, 1.54) is 0 Å². The fourth-order valence-corrected chi connectivity index (χ4v) is 5.92.